The number of nitrogens with zero attached hydrogens (tertiary/aromatic N) is 1. The highest BCUT2D eigenvalue weighted by atomic mass is 16.4. The van der Waals surface area contributed by atoms with Crippen LogP contribution in [0.25, 0.3) is 5.76 Å². The Balaban J connectivity index is 1.70. The second-order valence-corrected chi connectivity index (χ2v) is 11.7. The zero-order chi connectivity index (χ0) is 29.3. The fraction of sp³-hybridized carbons (Fsp3) is 0.552. The molecule has 6 unspecified atom stereocenters. The number of aliphatic hydroxyl groups excluding tert-OH is 4. The van der Waals surface area contributed by atoms with E-state index in [2.05, 4.69) is 5.32 Å². The maximum absolute atomic E-state index is 14.1. The van der Waals surface area contributed by atoms with Gasteiger partial charge in [-0.1, -0.05) is 38.3 Å². The van der Waals surface area contributed by atoms with Gasteiger partial charge in [0.15, 0.2) is 11.4 Å². The summed E-state index contributed by atoms with van der Waals surface area (Å²) in [4.78, 5) is 42.9. The van der Waals surface area contributed by atoms with E-state index in [1.165, 1.54) is 37.2 Å². The molecule has 11 heteroatoms. The van der Waals surface area contributed by atoms with Crippen molar-refractivity contribution in [3.8, 4) is 5.75 Å². The molecule has 216 valence electrons. The third kappa shape index (κ3) is 3.75. The lowest BCUT2D eigenvalue weighted by Crippen LogP contribution is -2.70. The molecule has 1 aromatic rings. The van der Waals surface area contributed by atoms with E-state index in [4.69, 9.17) is 0 Å². The Morgan fingerprint density at radius 3 is 2.33 bits per heavy atom. The molecule has 0 aliphatic heterocycles. The van der Waals surface area contributed by atoms with Crippen molar-refractivity contribution < 1.29 is 45.0 Å². The van der Waals surface area contributed by atoms with Crippen LogP contribution in [-0.4, -0.2) is 90.4 Å². The molecule has 0 saturated heterocycles. The topological polar surface area (TPSA) is 188 Å². The Kier molecular flexibility index (Phi) is 6.85. The number of hydrogen-bond donors (Lipinski definition) is 7. The molecule has 4 aliphatic rings. The first-order chi connectivity index (χ1) is 18.8. The molecule has 0 spiro atoms. The molecular weight excluding hydrogens is 520 g/mol. The fourth-order valence-electron chi connectivity index (χ4n) is 7.32. The van der Waals surface area contributed by atoms with E-state index in [-0.39, 0.29) is 11.1 Å². The van der Waals surface area contributed by atoms with Crippen LogP contribution in [0.1, 0.15) is 62.7 Å². The van der Waals surface area contributed by atoms with Crippen LogP contribution in [0, 0.1) is 11.8 Å². The number of carbonyl (C=O) groups excluding carboxylic acids is 3. The van der Waals surface area contributed by atoms with Crippen LogP contribution in [0.2, 0.25) is 0 Å². The minimum absolute atomic E-state index is 0.0456. The molecule has 2 saturated carbocycles. The van der Waals surface area contributed by atoms with Gasteiger partial charge in [-0.2, -0.15) is 0 Å². The maximum atomic E-state index is 14.1. The number of Topliss-reactive ketones (excluding diaryl/α,β-unsaturated/α-hetero) is 2. The van der Waals surface area contributed by atoms with Crippen molar-refractivity contribution in [2.45, 2.75) is 74.8 Å². The number of ketones is 2. The molecule has 7 N–H and O–H groups in total. The molecule has 11 nitrogen and oxygen atoms in total. The van der Waals surface area contributed by atoms with Crippen LogP contribution in [0.15, 0.2) is 35.1 Å². The van der Waals surface area contributed by atoms with Gasteiger partial charge < -0.3 is 36.0 Å². The zero-order valence-corrected chi connectivity index (χ0v) is 22.7. The predicted molar refractivity (Wildman–Crippen MR) is 142 cm³/mol. The zero-order valence-electron chi connectivity index (χ0n) is 22.7. The van der Waals surface area contributed by atoms with Gasteiger partial charge in [0.2, 0.25) is 5.78 Å². The lowest BCUT2D eigenvalue weighted by molar-refractivity contribution is -0.174. The number of aromatic hydroxyl groups is 1. The number of phenolic OH excluding ortho intramolecular Hbond substituents is 1. The van der Waals surface area contributed by atoms with Gasteiger partial charge in [-0.15, -0.1) is 0 Å². The molecule has 6 atom stereocenters. The van der Waals surface area contributed by atoms with E-state index in [0.29, 0.717) is 19.3 Å². The second kappa shape index (κ2) is 9.69. The number of fused-ring (bicyclic) bond motifs is 3. The van der Waals surface area contributed by atoms with Gasteiger partial charge in [-0.25, -0.2) is 0 Å². The third-order valence-corrected chi connectivity index (χ3v) is 9.47. The van der Waals surface area contributed by atoms with Crippen molar-refractivity contribution in [1.29, 1.82) is 0 Å². The number of carbonyl (C=O) groups is 3. The summed E-state index contributed by atoms with van der Waals surface area (Å²) in [5.74, 6) is -8.70. The standard InChI is InChI=1S/C29H36N2O9/c1-4-28(11-6-5-7-12-28)30-27(39)18-24(36)20(31(2)3)19-23(35)16-17(25(37)29(19,40)26(18)38)22(34)15-13(21(16)33)9-8-10-14(15)32/h8-10,16,19-21,23,32-35,38,40H,4-7,11-12H2,1-3H3,(H,30,39). The number of amides is 1. The summed E-state index contributed by atoms with van der Waals surface area (Å²) in [6.07, 6.45) is 1.24. The van der Waals surface area contributed by atoms with Crippen molar-refractivity contribution in [2.75, 3.05) is 14.1 Å². The molecule has 4 aliphatic carbocycles. The minimum atomic E-state index is -2.98. The van der Waals surface area contributed by atoms with E-state index in [9.17, 15) is 45.0 Å². The van der Waals surface area contributed by atoms with Crippen LogP contribution < -0.4 is 5.32 Å². The maximum Gasteiger partial charge on any atom is 0.258 e. The van der Waals surface area contributed by atoms with Crippen LogP contribution in [-0.2, 0) is 14.4 Å². The summed E-state index contributed by atoms with van der Waals surface area (Å²) in [7, 11) is 2.94. The molecule has 0 aromatic heterocycles. The van der Waals surface area contributed by atoms with Gasteiger partial charge in [0.05, 0.1) is 29.7 Å². The number of likely N-dealkylation sites (N-methyl/N-ethyl adjacent to an activating group) is 1. The summed E-state index contributed by atoms with van der Waals surface area (Å²) in [6, 6.07) is 2.63. The normalized spacial score (nSPS) is 33.4. The molecule has 0 bridgehead atoms. The van der Waals surface area contributed by atoms with Gasteiger partial charge in [0, 0.05) is 17.0 Å². The summed E-state index contributed by atoms with van der Waals surface area (Å²) in [5.41, 5.74) is -5.19. The first kappa shape index (κ1) is 28.3. The van der Waals surface area contributed by atoms with Crippen molar-refractivity contribution in [3.05, 3.63) is 46.2 Å². The van der Waals surface area contributed by atoms with Gasteiger partial charge in [0.1, 0.15) is 22.8 Å². The van der Waals surface area contributed by atoms with Crippen LogP contribution in [0.4, 0.5) is 0 Å². The molecule has 5 rings (SSSR count). The summed E-state index contributed by atoms with van der Waals surface area (Å²) in [6.45, 7) is 1.91. The molecule has 40 heavy (non-hydrogen) atoms. The fourth-order valence-corrected chi connectivity index (χ4v) is 7.32. The second-order valence-electron chi connectivity index (χ2n) is 11.7. The largest absolute Gasteiger partial charge is 0.508 e. The van der Waals surface area contributed by atoms with Crippen molar-refractivity contribution in [1.82, 2.24) is 10.2 Å². The summed E-state index contributed by atoms with van der Waals surface area (Å²) < 4.78 is 0. The number of nitrogens with one attached hydrogen (secondary N) is 1. The number of hydrogen-bond acceptors (Lipinski definition) is 10. The first-order valence-corrected chi connectivity index (χ1v) is 13.7. The van der Waals surface area contributed by atoms with Crippen molar-refractivity contribution in [3.63, 3.8) is 0 Å². The highest BCUT2D eigenvalue weighted by Gasteiger charge is 2.68. The summed E-state index contributed by atoms with van der Waals surface area (Å²) >= 11 is 0. The van der Waals surface area contributed by atoms with Crippen LogP contribution in [0.5, 0.6) is 5.75 Å². The number of phenols is 1. The molecule has 2 fully saturated rings. The van der Waals surface area contributed by atoms with E-state index < -0.39 is 87.1 Å². The molecule has 1 aromatic carbocycles. The van der Waals surface area contributed by atoms with Crippen molar-refractivity contribution in [2.24, 2.45) is 11.8 Å². The quantitative estimate of drug-likeness (QED) is 0.265. The van der Waals surface area contributed by atoms with Gasteiger partial charge >= 0.3 is 0 Å². The predicted octanol–water partition coefficient (Wildman–Crippen LogP) is 1.17. The van der Waals surface area contributed by atoms with Crippen LogP contribution in [0.3, 0.4) is 0 Å². The minimum Gasteiger partial charge on any atom is -0.508 e. The SMILES string of the molecule is CCC1(NC(=O)C2=C(O)C3(O)C(=O)C4=C(O)c5c(O)cccc5C(O)C4C(O)C3C(N(C)C)C2=O)CCCCC1. The van der Waals surface area contributed by atoms with E-state index >= 15 is 0 Å². The lowest BCUT2D eigenvalue weighted by Gasteiger charge is -2.53. The highest BCUT2D eigenvalue weighted by Crippen LogP contribution is 2.55. The number of rotatable bonds is 4. The first-order valence-electron chi connectivity index (χ1n) is 13.7. The van der Waals surface area contributed by atoms with Crippen molar-refractivity contribution >= 4 is 23.2 Å². The Bertz CT molecular complexity index is 1340. The number of aliphatic hydroxyl groups is 5. The van der Waals surface area contributed by atoms with E-state index in [1.54, 1.807) is 0 Å². The van der Waals surface area contributed by atoms with Crippen LogP contribution >= 0.6 is 0 Å². The smallest absolute Gasteiger partial charge is 0.258 e. The Morgan fingerprint density at radius 2 is 1.73 bits per heavy atom. The Morgan fingerprint density at radius 1 is 1.07 bits per heavy atom. The highest BCUT2D eigenvalue weighted by molar-refractivity contribution is 6.25. The average molecular weight is 557 g/mol. The molecule has 0 heterocycles. The Hall–Kier alpha value is -3.25. The Labute approximate surface area is 231 Å². The van der Waals surface area contributed by atoms with Gasteiger partial charge in [-0.3, -0.25) is 19.3 Å². The average Bonchev–Trinajstić information content (AvgIpc) is 2.91. The number of benzene rings is 1. The molecule has 0 radical (unpaired) electrons. The molecule has 1 amide bonds. The lowest BCUT2D eigenvalue weighted by atomic mass is 9.55. The van der Waals surface area contributed by atoms with Gasteiger partial charge in [0.25, 0.3) is 5.91 Å². The summed E-state index contributed by atoms with van der Waals surface area (Å²) in [5, 5.41) is 70.6. The molecular formula is C29H36N2O9. The third-order valence-electron chi connectivity index (χ3n) is 9.47. The van der Waals surface area contributed by atoms with Gasteiger partial charge in [-0.05, 0) is 45.0 Å². The van der Waals surface area contributed by atoms with E-state index in [1.807, 2.05) is 6.92 Å². The monoisotopic (exact) mass is 556 g/mol. The van der Waals surface area contributed by atoms with E-state index in [0.717, 1.165) is 19.3 Å².